The lowest BCUT2D eigenvalue weighted by molar-refractivity contribution is -0.171. The van der Waals surface area contributed by atoms with Crippen LogP contribution in [0.15, 0.2) is 0 Å². The zero-order valence-corrected chi connectivity index (χ0v) is 19.1. The van der Waals surface area contributed by atoms with E-state index in [9.17, 15) is 27.9 Å². The van der Waals surface area contributed by atoms with Gasteiger partial charge < -0.3 is 24.6 Å². The van der Waals surface area contributed by atoms with Crippen LogP contribution in [0, 0.1) is 5.41 Å². The Morgan fingerprint density at radius 1 is 1.13 bits per heavy atom. The van der Waals surface area contributed by atoms with E-state index in [1.54, 1.807) is 0 Å². The second-order valence-corrected chi connectivity index (χ2v) is 9.86. The molecule has 2 N–H and O–H groups in total. The van der Waals surface area contributed by atoms with Crippen molar-refractivity contribution in [3.8, 4) is 0 Å². The molecule has 1 aliphatic carbocycles. The quantitative estimate of drug-likeness (QED) is 0.185. The highest BCUT2D eigenvalue weighted by molar-refractivity contribution is 7.86. The lowest BCUT2D eigenvalue weighted by Crippen LogP contribution is -2.42. The molecule has 0 saturated heterocycles. The first-order valence-corrected chi connectivity index (χ1v) is 11.8. The molecule has 1 fully saturated rings. The minimum atomic E-state index is -3.91. The minimum absolute atomic E-state index is 0.154. The van der Waals surface area contributed by atoms with E-state index < -0.39 is 47.2 Å². The summed E-state index contributed by atoms with van der Waals surface area (Å²) >= 11 is 0. The molecular weight excluding hydrogens is 434 g/mol. The molecule has 1 atom stereocenters. The first-order chi connectivity index (χ1) is 14.4. The van der Waals surface area contributed by atoms with E-state index in [2.05, 4.69) is 5.32 Å². The molecule has 1 aliphatic rings. The number of aliphatic hydroxyl groups is 1. The Labute approximate surface area is 182 Å². The molecule has 180 valence electrons. The number of aliphatic hydroxyl groups excluding tert-OH is 1. The van der Waals surface area contributed by atoms with Crippen LogP contribution in [0.1, 0.15) is 59.3 Å². The number of esters is 1. The molecule has 1 rings (SSSR count). The van der Waals surface area contributed by atoms with Crippen LogP contribution in [0.5, 0.6) is 0 Å². The predicted octanol–water partition coefficient (Wildman–Crippen LogP) is 1.23. The van der Waals surface area contributed by atoms with Gasteiger partial charge >= 0.3 is 12.1 Å². The summed E-state index contributed by atoms with van der Waals surface area (Å²) in [4.78, 5) is 34.4. The third kappa shape index (κ3) is 11.3. The van der Waals surface area contributed by atoms with Gasteiger partial charge in [0.1, 0.15) is 6.10 Å². The van der Waals surface area contributed by atoms with Crippen LogP contribution < -0.4 is 5.32 Å². The maximum atomic E-state index is 12.0. The fourth-order valence-corrected chi connectivity index (χ4v) is 3.88. The maximum absolute atomic E-state index is 12.0. The van der Waals surface area contributed by atoms with Crippen molar-refractivity contribution >= 4 is 28.1 Å². The number of nitrogens with one attached hydrogen (secondary N) is 1. The zero-order chi connectivity index (χ0) is 23.5. The minimum Gasteiger partial charge on any atom is -0.431 e. The SMILES string of the molecule is CC(=O)NCCCS(=O)(=O)OCC(C)(C)[C@@H](O)C(=O)OCOC(=O)OC1CCCCC1. The summed E-state index contributed by atoms with van der Waals surface area (Å²) in [5, 5.41) is 12.6. The Balaban J connectivity index is 2.34. The molecule has 0 heterocycles. The highest BCUT2D eigenvalue weighted by atomic mass is 32.2. The first-order valence-electron chi connectivity index (χ1n) is 10.2. The summed E-state index contributed by atoms with van der Waals surface area (Å²) in [5.74, 6) is -1.70. The first kappa shape index (κ1) is 27.1. The second-order valence-electron chi connectivity index (χ2n) is 8.11. The number of hydrogen-bond acceptors (Lipinski definition) is 10. The van der Waals surface area contributed by atoms with E-state index in [4.69, 9.17) is 18.4 Å². The van der Waals surface area contributed by atoms with Gasteiger partial charge in [-0.25, -0.2) is 9.59 Å². The van der Waals surface area contributed by atoms with Crippen molar-refractivity contribution in [2.75, 3.05) is 25.7 Å². The van der Waals surface area contributed by atoms with Crippen molar-refractivity contribution in [2.45, 2.75) is 71.5 Å². The average Bonchev–Trinajstić information content (AvgIpc) is 2.70. The van der Waals surface area contributed by atoms with Gasteiger partial charge in [-0.05, 0) is 32.1 Å². The van der Waals surface area contributed by atoms with E-state index in [1.165, 1.54) is 20.8 Å². The van der Waals surface area contributed by atoms with Crippen LogP contribution in [-0.2, 0) is 38.1 Å². The monoisotopic (exact) mass is 467 g/mol. The van der Waals surface area contributed by atoms with Crippen molar-refractivity contribution in [2.24, 2.45) is 5.41 Å². The Kier molecular flexibility index (Phi) is 11.2. The Hall–Kier alpha value is -1.92. The normalized spacial score (nSPS) is 16.3. The van der Waals surface area contributed by atoms with Crippen LogP contribution in [0.2, 0.25) is 0 Å². The van der Waals surface area contributed by atoms with Gasteiger partial charge in [-0.2, -0.15) is 8.42 Å². The van der Waals surface area contributed by atoms with Crippen molar-refractivity contribution in [1.29, 1.82) is 0 Å². The van der Waals surface area contributed by atoms with Gasteiger partial charge in [-0.3, -0.25) is 8.98 Å². The lowest BCUT2D eigenvalue weighted by atomic mass is 9.88. The number of amides is 1. The highest BCUT2D eigenvalue weighted by Gasteiger charge is 2.37. The third-order valence-corrected chi connectivity index (χ3v) is 5.98. The van der Waals surface area contributed by atoms with Gasteiger partial charge in [0.15, 0.2) is 6.10 Å². The molecular formula is C19H33NO10S. The third-order valence-electron chi connectivity index (χ3n) is 4.71. The summed E-state index contributed by atoms with van der Waals surface area (Å²) in [6, 6.07) is 0. The van der Waals surface area contributed by atoms with E-state index in [1.807, 2.05) is 0 Å². The number of carbonyl (C=O) groups is 3. The van der Waals surface area contributed by atoms with Crippen LogP contribution in [0.3, 0.4) is 0 Å². The summed E-state index contributed by atoms with van der Waals surface area (Å²) in [5.41, 5.74) is -1.30. The fraction of sp³-hybridized carbons (Fsp3) is 0.842. The number of ether oxygens (including phenoxy) is 3. The van der Waals surface area contributed by atoms with Gasteiger partial charge in [0.25, 0.3) is 10.1 Å². The Morgan fingerprint density at radius 3 is 2.39 bits per heavy atom. The van der Waals surface area contributed by atoms with Crippen LogP contribution in [0.25, 0.3) is 0 Å². The Morgan fingerprint density at radius 2 is 1.77 bits per heavy atom. The molecule has 0 unspecified atom stereocenters. The highest BCUT2D eigenvalue weighted by Crippen LogP contribution is 2.24. The molecule has 0 radical (unpaired) electrons. The van der Waals surface area contributed by atoms with Gasteiger partial charge in [-0.1, -0.05) is 20.3 Å². The molecule has 0 aliphatic heterocycles. The predicted molar refractivity (Wildman–Crippen MR) is 108 cm³/mol. The molecule has 11 nitrogen and oxygen atoms in total. The van der Waals surface area contributed by atoms with Gasteiger partial charge in [-0.15, -0.1) is 0 Å². The van der Waals surface area contributed by atoms with Crippen LogP contribution >= 0.6 is 0 Å². The fourth-order valence-electron chi connectivity index (χ4n) is 2.78. The van der Waals surface area contributed by atoms with Crippen molar-refractivity contribution in [3.63, 3.8) is 0 Å². The van der Waals surface area contributed by atoms with E-state index in [0.29, 0.717) is 0 Å². The van der Waals surface area contributed by atoms with Gasteiger partial charge in [0.05, 0.1) is 12.4 Å². The molecule has 0 aromatic carbocycles. The van der Waals surface area contributed by atoms with E-state index >= 15 is 0 Å². The molecule has 12 heteroatoms. The summed E-state index contributed by atoms with van der Waals surface area (Å²) < 4.78 is 43.3. The molecule has 0 spiro atoms. The topological polar surface area (TPSA) is 155 Å². The second kappa shape index (κ2) is 12.8. The average molecular weight is 468 g/mol. The molecule has 1 saturated carbocycles. The zero-order valence-electron chi connectivity index (χ0n) is 18.3. The number of rotatable bonds is 12. The largest absolute Gasteiger partial charge is 0.511 e. The smallest absolute Gasteiger partial charge is 0.431 e. The Bertz CT molecular complexity index is 700. The van der Waals surface area contributed by atoms with E-state index in [0.717, 1.165) is 32.1 Å². The van der Waals surface area contributed by atoms with Crippen molar-refractivity contribution in [1.82, 2.24) is 5.32 Å². The summed E-state index contributed by atoms with van der Waals surface area (Å²) in [6.45, 7) is 3.13. The molecule has 31 heavy (non-hydrogen) atoms. The molecule has 0 bridgehead atoms. The number of hydrogen-bond donors (Lipinski definition) is 2. The molecule has 0 aromatic rings. The van der Waals surface area contributed by atoms with Crippen molar-refractivity contribution < 1.29 is 46.3 Å². The molecule has 0 aromatic heterocycles. The summed E-state index contributed by atoms with van der Waals surface area (Å²) in [6.07, 6.45) is 1.84. The van der Waals surface area contributed by atoms with Gasteiger partial charge in [0, 0.05) is 18.9 Å². The molecule has 1 amide bonds. The van der Waals surface area contributed by atoms with Crippen LogP contribution in [0.4, 0.5) is 4.79 Å². The number of carbonyl (C=O) groups excluding carboxylic acids is 3. The maximum Gasteiger partial charge on any atom is 0.511 e. The van der Waals surface area contributed by atoms with Crippen molar-refractivity contribution in [3.05, 3.63) is 0 Å². The van der Waals surface area contributed by atoms with E-state index in [-0.39, 0.29) is 30.7 Å². The standard InChI is InChI=1S/C19H33NO10S/c1-14(21)20-10-7-11-31(25,26)29-12-19(2,3)16(22)17(23)27-13-28-18(24)30-15-8-5-4-6-9-15/h15-16,22H,4-13H2,1-3H3,(H,20,21)/t16-/m0/s1. The van der Waals surface area contributed by atoms with Crippen LogP contribution in [-0.4, -0.2) is 69.5 Å². The summed E-state index contributed by atoms with van der Waals surface area (Å²) in [7, 11) is -3.91. The van der Waals surface area contributed by atoms with Gasteiger partial charge in [0.2, 0.25) is 12.7 Å². The lowest BCUT2D eigenvalue weighted by Gasteiger charge is -2.28.